The molecule has 0 radical (unpaired) electrons. The predicted molar refractivity (Wildman–Crippen MR) is 144 cm³/mol. The number of carbonyl (C=O) groups is 2. The van der Waals surface area contributed by atoms with Gasteiger partial charge in [-0.3, -0.25) is 14.9 Å². The molecule has 0 spiro atoms. The van der Waals surface area contributed by atoms with E-state index in [0.29, 0.717) is 27.7 Å². The van der Waals surface area contributed by atoms with Crippen LogP contribution in [0.2, 0.25) is 0 Å². The standard InChI is InChI=1S/C27H31N5O3S/c1-18-17-36-27(29-18)31-25(33)21-6-2-3-7-23(21)30-26(34)22-9-8-19(32-14-4-5-15-32)16-24(22)35-20-10-12-28-13-11-20/h2-3,6-9,16-17,20,28H,4-5,10-15H2,1H3,(H,30,34)(H,29,31,33). The molecule has 2 fully saturated rings. The number of rotatable bonds is 7. The Labute approximate surface area is 215 Å². The van der Waals surface area contributed by atoms with E-state index in [1.165, 1.54) is 24.2 Å². The number of anilines is 3. The van der Waals surface area contributed by atoms with Gasteiger partial charge in [0.2, 0.25) is 0 Å². The van der Waals surface area contributed by atoms with Crippen molar-refractivity contribution in [3.8, 4) is 5.75 Å². The molecule has 0 unspecified atom stereocenters. The van der Waals surface area contributed by atoms with Gasteiger partial charge in [-0.05, 0) is 70.0 Å². The van der Waals surface area contributed by atoms with E-state index in [4.69, 9.17) is 4.74 Å². The molecule has 0 saturated carbocycles. The summed E-state index contributed by atoms with van der Waals surface area (Å²) in [5.74, 6) is -0.0444. The van der Waals surface area contributed by atoms with Gasteiger partial charge in [-0.1, -0.05) is 12.1 Å². The molecule has 0 bridgehead atoms. The average Bonchev–Trinajstić information content (AvgIpc) is 3.57. The Morgan fingerprint density at radius 2 is 1.78 bits per heavy atom. The normalized spacial score (nSPS) is 16.1. The van der Waals surface area contributed by atoms with Crippen LogP contribution in [0.4, 0.5) is 16.5 Å². The Morgan fingerprint density at radius 3 is 2.53 bits per heavy atom. The largest absolute Gasteiger partial charge is 0.489 e. The molecule has 8 nitrogen and oxygen atoms in total. The van der Waals surface area contributed by atoms with E-state index in [9.17, 15) is 9.59 Å². The fraction of sp³-hybridized carbons (Fsp3) is 0.370. The summed E-state index contributed by atoms with van der Waals surface area (Å²) >= 11 is 1.36. The number of piperidine rings is 1. The lowest BCUT2D eigenvalue weighted by Gasteiger charge is -2.26. The van der Waals surface area contributed by atoms with Crippen LogP contribution in [-0.4, -0.2) is 49.1 Å². The zero-order valence-electron chi connectivity index (χ0n) is 20.4. The number of aromatic nitrogens is 1. The first-order valence-corrected chi connectivity index (χ1v) is 13.3. The van der Waals surface area contributed by atoms with Gasteiger partial charge in [0.25, 0.3) is 11.8 Å². The molecule has 2 aliphatic heterocycles. The number of hydrogen-bond acceptors (Lipinski definition) is 7. The van der Waals surface area contributed by atoms with Gasteiger partial charge >= 0.3 is 0 Å². The lowest BCUT2D eigenvalue weighted by Crippen LogP contribution is -2.34. The minimum absolute atomic E-state index is 0.0615. The topological polar surface area (TPSA) is 95.6 Å². The summed E-state index contributed by atoms with van der Waals surface area (Å²) in [4.78, 5) is 33.1. The number of amides is 2. The van der Waals surface area contributed by atoms with E-state index in [1.807, 2.05) is 30.5 Å². The number of nitrogens with zero attached hydrogens (tertiary/aromatic N) is 2. The fourth-order valence-corrected chi connectivity index (χ4v) is 5.30. The SMILES string of the molecule is Cc1csc(NC(=O)c2ccccc2NC(=O)c2ccc(N3CCCC3)cc2OC2CCNCC2)n1. The molecule has 2 aliphatic rings. The van der Waals surface area contributed by atoms with Gasteiger partial charge < -0.3 is 20.3 Å². The van der Waals surface area contributed by atoms with Crippen molar-refractivity contribution < 1.29 is 14.3 Å². The number of hydrogen-bond donors (Lipinski definition) is 3. The highest BCUT2D eigenvalue weighted by molar-refractivity contribution is 7.13. The second-order valence-electron chi connectivity index (χ2n) is 9.19. The third kappa shape index (κ3) is 5.68. The third-order valence-electron chi connectivity index (χ3n) is 6.52. The van der Waals surface area contributed by atoms with Crippen molar-refractivity contribution in [1.82, 2.24) is 10.3 Å². The van der Waals surface area contributed by atoms with Gasteiger partial charge in [0.05, 0.1) is 22.5 Å². The maximum absolute atomic E-state index is 13.5. The minimum Gasteiger partial charge on any atom is -0.489 e. The average molecular weight is 506 g/mol. The molecule has 1 aromatic heterocycles. The Kier molecular flexibility index (Phi) is 7.48. The van der Waals surface area contributed by atoms with E-state index in [2.05, 4.69) is 25.8 Å². The van der Waals surface area contributed by atoms with E-state index < -0.39 is 0 Å². The Bertz CT molecular complexity index is 1230. The molecule has 2 aromatic carbocycles. The van der Waals surface area contributed by atoms with Crippen molar-refractivity contribution in [3.05, 3.63) is 64.7 Å². The zero-order valence-corrected chi connectivity index (χ0v) is 21.2. The molecule has 3 aromatic rings. The molecule has 2 amide bonds. The van der Waals surface area contributed by atoms with Crippen LogP contribution < -0.4 is 25.6 Å². The summed E-state index contributed by atoms with van der Waals surface area (Å²) in [5, 5.41) is 11.5. The van der Waals surface area contributed by atoms with Gasteiger partial charge in [-0.25, -0.2) is 4.98 Å². The molecule has 0 atom stereocenters. The lowest BCUT2D eigenvalue weighted by molar-refractivity contribution is 0.101. The van der Waals surface area contributed by atoms with E-state index in [-0.39, 0.29) is 17.9 Å². The van der Waals surface area contributed by atoms with E-state index in [1.54, 1.807) is 24.3 Å². The van der Waals surface area contributed by atoms with Crippen molar-refractivity contribution in [1.29, 1.82) is 0 Å². The summed E-state index contributed by atoms with van der Waals surface area (Å²) in [6, 6.07) is 12.8. The van der Waals surface area contributed by atoms with Gasteiger partial charge in [-0.15, -0.1) is 11.3 Å². The smallest absolute Gasteiger partial charge is 0.259 e. The minimum atomic E-state index is -0.323. The Balaban J connectivity index is 1.38. The molecule has 0 aliphatic carbocycles. The van der Waals surface area contributed by atoms with Crippen molar-refractivity contribution >= 4 is 39.7 Å². The van der Waals surface area contributed by atoms with Crippen LogP contribution in [0.1, 0.15) is 52.1 Å². The number of thiazole rings is 1. The maximum atomic E-state index is 13.5. The van der Waals surface area contributed by atoms with Crippen LogP contribution in [0, 0.1) is 6.92 Å². The van der Waals surface area contributed by atoms with Crippen LogP contribution >= 0.6 is 11.3 Å². The molecular weight excluding hydrogens is 474 g/mol. The van der Waals surface area contributed by atoms with Crippen LogP contribution in [0.15, 0.2) is 47.8 Å². The van der Waals surface area contributed by atoms with Crippen LogP contribution in [0.5, 0.6) is 5.75 Å². The number of aryl methyl sites for hydroxylation is 1. The van der Waals surface area contributed by atoms with Crippen LogP contribution in [0.3, 0.4) is 0 Å². The summed E-state index contributed by atoms with van der Waals surface area (Å²) in [5.41, 5.74) is 3.18. The quantitative estimate of drug-likeness (QED) is 0.431. The van der Waals surface area contributed by atoms with Crippen molar-refractivity contribution in [2.45, 2.75) is 38.7 Å². The molecular formula is C27H31N5O3S. The number of carbonyl (C=O) groups excluding carboxylic acids is 2. The molecule has 2 saturated heterocycles. The molecule has 3 heterocycles. The molecule has 188 valence electrons. The van der Waals surface area contributed by atoms with Crippen LogP contribution in [-0.2, 0) is 0 Å². The fourth-order valence-electron chi connectivity index (χ4n) is 4.62. The Morgan fingerprint density at radius 1 is 1.03 bits per heavy atom. The van der Waals surface area contributed by atoms with E-state index >= 15 is 0 Å². The number of para-hydroxylation sites is 1. The highest BCUT2D eigenvalue weighted by Crippen LogP contribution is 2.31. The lowest BCUT2D eigenvalue weighted by atomic mass is 10.1. The second kappa shape index (κ2) is 11.1. The van der Waals surface area contributed by atoms with Crippen molar-refractivity contribution in [2.24, 2.45) is 0 Å². The first-order valence-electron chi connectivity index (χ1n) is 12.5. The van der Waals surface area contributed by atoms with Gasteiger partial charge in [0.1, 0.15) is 11.9 Å². The molecule has 3 N–H and O–H groups in total. The summed E-state index contributed by atoms with van der Waals surface area (Å²) < 4.78 is 6.39. The van der Waals surface area contributed by atoms with Gasteiger partial charge in [0.15, 0.2) is 5.13 Å². The van der Waals surface area contributed by atoms with Crippen LogP contribution in [0.25, 0.3) is 0 Å². The maximum Gasteiger partial charge on any atom is 0.259 e. The first kappa shape index (κ1) is 24.3. The summed E-state index contributed by atoms with van der Waals surface area (Å²) in [7, 11) is 0. The number of benzene rings is 2. The molecule has 5 rings (SSSR count). The Hall–Kier alpha value is -3.43. The van der Waals surface area contributed by atoms with Gasteiger partial charge in [-0.2, -0.15) is 0 Å². The van der Waals surface area contributed by atoms with Crippen molar-refractivity contribution in [3.63, 3.8) is 0 Å². The molecule has 9 heteroatoms. The highest BCUT2D eigenvalue weighted by atomic mass is 32.1. The monoisotopic (exact) mass is 505 g/mol. The van der Waals surface area contributed by atoms with Gasteiger partial charge in [0, 0.05) is 30.2 Å². The van der Waals surface area contributed by atoms with Crippen molar-refractivity contribution in [2.75, 3.05) is 41.7 Å². The second-order valence-corrected chi connectivity index (χ2v) is 10.0. The number of ether oxygens (including phenoxy) is 1. The summed E-state index contributed by atoms with van der Waals surface area (Å²) in [6.45, 7) is 5.70. The molecule has 36 heavy (non-hydrogen) atoms. The third-order valence-corrected chi connectivity index (χ3v) is 7.40. The number of nitrogens with one attached hydrogen (secondary N) is 3. The predicted octanol–water partition coefficient (Wildman–Crippen LogP) is 4.69. The zero-order chi connectivity index (χ0) is 24.9. The van der Waals surface area contributed by atoms with E-state index in [0.717, 1.165) is 50.4 Å². The summed E-state index contributed by atoms with van der Waals surface area (Å²) in [6.07, 6.45) is 4.20. The first-order chi connectivity index (χ1) is 17.6. The highest BCUT2D eigenvalue weighted by Gasteiger charge is 2.23.